The van der Waals surface area contributed by atoms with Gasteiger partial charge in [-0.15, -0.1) is 0 Å². The van der Waals surface area contributed by atoms with E-state index in [0.29, 0.717) is 5.41 Å². The number of hydrogen-bond acceptors (Lipinski definition) is 3. The third-order valence-corrected chi connectivity index (χ3v) is 3.70. The molecule has 1 aliphatic rings. The van der Waals surface area contributed by atoms with E-state index in [1.165, 1.54) is 25.7 Å². The fourth-order valence-electron chi connectivity index (χ4n) is 2.53. The van der Waals surface area contributed by atoms with Crippen molar-refractivity contribution in [3.63, 3.8) is 0 Å². The van der Waals surface area contributed by atoms with E-state index in [4.69, 9.17) is 9.47 Å². The molecule has 1 saturated heterocycles. The monoisotopic (exact) mass is 257 g/mol. The second-order valence-corrected chi connectivity index (χ2v) is 6.71. The lowest BCUT2D eigenvalue weighted by atomic mass is 9.77. The minimum absolute atomic E-state index is 0.191. The summed E-state index contributed by atoms with van der Waals surface area (Å²) < 4.78 is 10.9. The average Bonchev–Trinajstić information content (AvgIpc) is 2.33. The molecule has 108 valence electrons. The van der Waals surface area contributed by atoms with Crippen molar-refractivity contribution in [3.05, 3.63) is 0 Å². The molecule has 1 atom stereocenters. The maximum atomic E-state index is 5.74. The van der Waals surface area contributed by atoms with E-state index in [9.17, 15) is 0 Å². The Morgan fingerprint density at radius 3 is 2.61 bits per heavy atom. The molecule has 0 aliphatic carbocycles. The molecule has 0 radical (unpaired) electrons. The molecule has 3 nitrogen and oxygen atoms in total. The highest BCUT2D eigenvalue weighted by atomic mass is 16.5. The highest BCUT2D eigenvalue weighted by molar-refractivity contribution is 4.86. The van der Waals surface area contributed by atoms with Gasteiger partial charge in [0, 0.05) is 37.8 Å². The van der Waals surface area contributed by atoms with E-state index in [1.807, 2.05) is 0 Å². The van der Waals surface area contributed by atoms with Crippen molar-refractivity contribution in [2.45, 2.75) is 58.4 Å². The van der Waals surface area contributed by atoms with Crippen LogP contribution in [0.1, 0.15) is 52.9 Å². The van der Waals surface area contributed by atoms with Crippen LogP contribution < -0.4 is 5.32 Å². The number of nitrogens with one attached hydrogen (secondary N) is 1. The fraction of sp³-hybridized carbons (Fsp3) is 1.00. The van der Waals surface area contributed by atoms with Crippen LogP contribution in [0.25, 0.3) is 0 Å². The summed E-state index contributed by atoms with van der Waals surface area (Å²) in [5, 5.41) is 3.66. The maximum Gasteiger partial charge on any atom is 0.0534 e. The smallest absolute Gasteiger partial charge is 0.0534 e. The molecule has 0 aromatic carbocycles. The molecule has 18 heavy (non-hydrogen) atoms. The first-order chi connectivity index (χ1) is 8.47. The second kappa shape index (κ2) is 7.46. The van der Waals surface area contributed by atoms with Crippen molar-refractivity contribution >= 4 is 0 Å². The third-order valence-electron chi connectivity index (χ3n) is 3.70. The first-order valence-electron chi connectivity index (χ1n) is 7.29. The number of unbranched alkanes of at least 4 members (excludes halogenated alkanes) is 1. The third kappa shape index (κ3) is 6.17. The zero-order valence-electron chi connectivity index (χ0n) is 12.7. The summed E-state index contributed by atoms with van der Waals surface area (Å²) in [6, 6.07) is 0. The Morgan fingerprint density at radius 1 is 1.28 bits per heavy atom. The molecule has 0 spiro atoms. The highest BCUT2D eigenvalue weighted by Crippen LogP contribution is 2.34. The topological polar surface area (TPSA) is 30.5 Å². The molecule has 1 N–H and O–H groups in total. The second-order valence-electron chi connectivity index (χ2n) is 6.71. The van der Waals surface area contributed by atoms with Crippen molar-refractivity contribution in [1.29, 1.82) is 0 Å². The van der Waals surface area contributed by atoms with Gasteiger partial charge >= 0.3 is 0 Å². The standard InChI is InChI=1S/C15H31NO2/c1-14(2,3)16-12-15(8-5-6-10-17-4)9-7-11-18-13-15/h16H,5-13H2,1-4H3. The number of rotatable bonds is 7. The van der Waals surface area contributed by atoms with Crippen LogP contribution in [0.3, 0.4) is 0 Å². The number of methoxy groups -OCH3 is 1. The Labute approximate surface area is 113 Å². The summed E-state index contributed by atoms with van der Waals surface area (Å²) in [4.78, 5) is 0. The summed E-state index contributed by atoms with van der Waals surface area (Å²) in [6.45, 7) is 10.5. The molecule has 1 aliphatic heterocycles. The minimum Gasteiger partial charge on any atom is -0.385 e. The van der Waals surface area contributed by atoms with Crippen LogP contribution in [0, 0.1) is 5.41 Å². The first-order valence-corrected chi connectivity index (χ1v) is 7.29. The van der Waals surface area contributed by atoms with Gasteiger partial charge in [0.05, 0.1) is 6.61 Å². The number of ether oxygens (including phenoxy) is 2. The zero-order chi connectivity index (χ0) is 13.5. The molecule has 0 bridgehead atoms. The quantitative estimate of drug-likeness (QED) is 0.711. The lowest BCUT2D eigenvalue weighted by Gasteiger charge is -2.39. The molecular formula is C15H31NO2. The van der Waals surface area contributed by atoms with E-state index in [0.717, 1.165) is 32.8 Å². The van der Waals surface area contributed by atoms with Crippen LogP contribution in [-0.4, -0.2) is 39.0 Å². The molecule has 1 fully saturated rings. The van der Waals surface area contributed by atoms with E-state index in [2.05, 4.69) is 26.1 Å². The summed E-state index contributed by atoms with van der Waals surface area (Å²) >= 11 is 0. The van der Waals surface area contributed by atoms with Gasteiger partial charge in [0.15, 0.2) is 0 Å². The molecule has 1 unspecified atom stereocenters. The van der Waals surface area contributed by atoms with Gasteiger partial charge in [-0.1, -0.05) is 6.42 Å². The lowest BCUT2D eigenvalue weighted by molar-refractivity contribution is -0.0167. The fourth-order valence-corrected chi connectivity index (χ4v) is 2.53. The Hall–Kier alpha value is -0.120. The minimum atomic E-state index is 0.191. The Bertz CT molecular complexity index is 217. The van der Waals surface area contributed by atoms with Crippen molar-refractivity contribution < 1.29 is 9.47 Å². The average molecular weight is 257 g/mol. The molecule has 0 amide bonds. The van der Waals surface area contributed by atoms with Gasteiger partial charge in [-0.2, -0.15) is 0 Å². The van der Waals surface area contributed by atoms with E-state index < -0.39 is 0 Å². The van der Waals surface area contributed by atoms with E-state index >= 15 is 0 Å². The first kappa shape index (κ1) is 15.9. The molecule has 1 heterocycles. The summed E-state index contributed by atoms with van der Waals surface area (Å²) in [5.41, 5.74) is 0.538. The van der Waals surface area contributed by atoms with Crippen LogP contribution in [0.4, 0.5) is 0 Å². The molecule has 0 aromatic rings. The van der Waals surface area contributed by atoms with Crippen LogP contribution in [-0.2, 0) is 9.47 Å². The van der Waals surface area contributed by atoms with Crippen LogP contribution in [0.5, 0.6) is 0 Å². The molecule has 0 aromatic heterocycles. The molecular weight excluding hydrogens is 226 g/mol. The van der Waals surface area contributed by atoms with Crippen molar-refractivity contribution in [3.8, 4) is 0 Å². The van der Waals surface area contributed by atoms with Crippen LogP contribution in [0.15, 0.2) is 0 Å². The van der Waals surface area contributed by atoms with E-state index in [1.54, 1.807) is 7.11 Å². The largest absolute Gasteiger partial charge is 0.385 e. The normalized spacial score (nSPS) is 25.3. The highest BCUT2D eigenvalue weighted by Gasteiger charge is 2.33. The Morgan fingerprint density at radius 2 is 2.06 bits per heavy atom. The van der Waals surface area contributed by atoms with Crippen molar-refractivity contribution in [2.75, 3.05) is 33.5 Å². The van der Waals surface area contributed by atoms with Gasteiger partial charge in [0.2, 0.25) is 0 Å². The van der Waals surface area contributed by atoms with Gasteiger partial charge in [0.1, 0.15) is 0 Å². The summed E-state index contributed by atoms with van der Waals surface area (Å²) in [7, 11) is 1.78. The zero-order valence-corrected chi connectivity index (χ0v) is 12.7. The number of hydrogen-bond donors (Lipinski definition) is 1. The summed E-state index contributed by atoms with van der Waals surface area (Å²) in [6.07, 6.45) is 6.15. The van der Waals surface area contributed by atoms with Crippen molar-refractivity contribution in [1.82, 2.24) is 5.32 Å². The predicted octanol–water partition coefficient (Wildman–Crippen LogP) is 2.99. The predicted molar refractivity (Wildman–Crippen MR) is 76.0 cm³/mol. The van der Waals surface area contributed by atoms with Crippen LogP contribution in [0.2, 0.25) is 0 Å². The Kier molecular flexibility index (Phi) is 6.61. The van der Waals surface area contributed by atoms with Crippen molar-refractivity contribution in [2.24, 2.45) is 5.41 Å². The van der Waals surface area contributed by atoms with Gasteiger partial charge in [-0.25, -0.2) is 0 Å². The van der Waals surface area contributed by atoms with Gasteiger partial charge < -0.3 is 14.8 Å². The SMILES string of the molecule is COCCCCC1(CNC(C)(C)C)CCCOC1. The van der Waals surface area contributed by atoms with Gasteiger partial charge in [-0.3, -0.25) is 0 Å². The molecule has 3 heteroatoms. The van der Waals surface area contributed by atoms with Gasteiger partial charge in [0.25, 0.3) is 0 Å². The Balaban J connectivity index is 2.41. The summed E-state index contributed by atoms with van der Waals surface area (Å²) in [5.74, 6) is 0. The molecule has 0 saturated carbocycles. The van der Waals surface area contributed by atoms with E-state index in [-0.39, 0.29) is 5.54 Å². The van der Waals surface area contributed by atoms with Crippen LogP contribution >= 0.6 is 0 Å². The lowest BCUT2D eigenvalue weighted by Crippen LogP contribution is -2.47. The maximum absolute atomic E-state index is 5.74. The van der Waals surface area contributed by atoms with Gasteiger partial charge in [-0.05, 0) is 46.5 Å². The molecule has 1 rings (SSSR count).